The number of halogens is 2. The normalized spacial score (nSPS) is 33.4. The maximum atomic E-state index is 13.9. The number of carbonyl (C=O) groups is 3. The number of benzene rings is 1. The van der Waals surface area contributed by atoms with E-state index < -0.39 is 144 Å². The van der Waals surface area contributed by atoms with Crippen molar-refractivity contribution in [1.29, 1.82) is 0 Å². The Morgan fingerprint density at radius 2 is 1.57 bits per heavy atom. The van der Waals surface area contributed by atoms with Crippen LogP contribution in [0.1, 0.15) is 111 Å². The number of hydrogen-bond acceptors (Lipinski definition) is 18. The lowest BCUT2D eigenvalue weighted by molar-refractivity contribution is -0.333. The van der Waals surface area contributed by atoms with Crippen LogP contribution >= 0.6 is 23.2 Å². The maximum Gasteiger partial charge on any atom is 0.342 e. The molecule has 2 saturated heterocycles. The molecule has 14 atom stereocenters. The van der Waals surface area contributed by atoms with Crippen molar-refractivity contribution in [1.82, 2.24) is 0 Å². The Morgan fingerprint density at radius 3 is 2.17 bits per heavy atom. The number of ether oxygens (including phenoxy) is 8. The SMILES string of the molecule is CCc1c(Cl)c(O)c(Cl)c(O)c1C(=O)O[C@H]1[C@H](O)[C@H](OC)[C@H](OC/C2=C\C=C\C[C@H](O)/C(C)=C\[C@H](CC)[C@@H](O[C@@H]3OC(C)(C)[C@@H](OC(=O)C(C)C)[C@H](O)[C@@H]3O)C(C)=CC(C)=CC[C@@H]([C@@H](C)O)OC2=O)O[C@@H]1C. The van der Waals surface area contributed by atoms with Crippen molar-refractivity contribution in [2.24, 2.45) is 11.8 Å². The molecule has 0 amide bonds. The number of methoxy groups -OCH3 is 1. The van der Waals surface area contributed by atoms with Crippen molar-refractivity contribution >= 4 is 41.1 Å². The van der Waals surface area contributed by atoms with Gasteiger partial charge in [-0.1, -0.05) is 86.9 Å². The van der Waals surface area contributed by atoms with E-state index in [1.807, 2.05) is 32.9 Å². The van der Waals surface area contributed by atoms with E-state index in [4.69, 9.17) is 61.1 Å². The Bertz CT molecular complexity index is 2220. The Hall–Kier alpha value is -3.89. The molecule has 1 aromatic rings. The first-order valence-electron chi connectivity index (χ1n) is 24.2. The third-order valence-electron chi connectivity index (χ3n) is 13.0. The average Bonchev–Trinajstić information content (AvgIpc) is 3.32. The number of carbonyl (C=O) groups excluding carboxylic acids is 3. The van der Waals surface area contributed by atoms with Gasteiger partial charge in [-0.2, -0.15) is 0 Å². The van der Waals surface area contributed by atoms with Crippen molar-refractivity contribution in [2.75, 3.05) is 13.7 Å². The van der Waals surface area contributed by atoms with Gasteiger partial charge in [0.1, 0.15) is 46.7 Å². The summed E-state index contributed by atoms with van der Waals surface area (Å²) in [4.78, 5) is 40.0. The average molecular weight is 1060 g/mol. The van der Waals surface area contributed by atoms with Crippen LogP contribution in [0.15, 0.2) is 58.7 Å². The van der Waals surface area contributed by atoms with Crippen LogP contribution in [-0.4, -0.2) is 153 Å². The van der Waals surface area contributed by atoms with Crippen LogP contribution in [0.5, 0.6) is 11.5 Å². The van der Waals surface area contributed by atoms with Crippen LogP contribution in [0.2, 0.25) is 10.0 Å². The maximum absolute atomic E-state index is 13.9. The molecule has 0 radical (unpaired) electrons. The van der Waals surface area contributed by atoms with Gasteiger partial charge in [-0.3, -0.25) is 4.79 Å². The molecule has 0 aromatic heterocycles. The summed E-state index contributed by atoms with van der Waals surface area (Å²) in [6.07, 6.45) is -5.45. The van der Waals surface area contributed by atoms with Crippen LogP contribution in [0.3, 0.4) is 0 Å². The number of esters is 3. The zero-order valence-electron chi connectivity index (χ0n) is 43.0. The number of hydrogen-bond donors (Lipinski definition) is 7. The number of rotatable bonds is 13. The van der Waals surface area contributed by atoms with Gasteiger partial charge in [0.15, 0.2) is 36.3 Å². The van der Waals surface area contributed by atoms with Gasteiger partial charge in [0, 0.05) is 19.4 Å². The molecule has 18 nitrogen and oxygen atoms in total. The summed E-state index contributed by atoms with van der Waals surface area (Å²) in [6.45, 7) is 18.1. The molecule has 3 aliphatic heterocycles. The highest BCUT2D eigenvalue weighted by atomic mass is 35.5. The second-order valence-corrected chi connectivity index (χ2v) is 20.1. The molecule has 4 rings (SSSR count). The number of phenolic OH excluding ortho intramolecular Hbond substituents is 2. The lowest BCUT2D eigenvalue weighted by atomic mass is 9.88. The minimum absolute atomic E-state index is 0.0372. The molecular weight excluding hydrogens is 983 g/mol. The first-order valence-corrected chi connectivity index (χ1v) is 24.9. The number of aliphatic hydroxyl groups excluding tert-OH is 5. The summed E-state index contributed by atoms with van der Waals surface area (Å²) >= 11 is 12.3. The van der Waals surface area contributed by atoms with E-state index in [9.17, 15) is 50.1 Å². The summed E-state index contributed by atoms with van der Waals surface area (Å²) in [5.41, 5.74) is 0.318. The molecule has 0 saturated carbocycles. The van der Waals surface area contributed by atoms with E-state index in [1.165, 1.54) is 33.1 Å². The topological polar surface area (TPSA) is 267 Å². The number of aromatic hydroxyl groups is 2. The van der Waals surface area contributed by atoms with Gasteiger partial charge in [-0.05, 0) is 90.5 Å². The molecule has 404 valence electrons. The summed E-state index contributed by atoms with van der Waals surface area (Å²) in [5.74, 6) is -4.78. The molecule has 2 fully saturated rings. The van der Waals surface area contributed by atoms with Crippen molar-refractivity contribution in [3.8, 4) is 11.5 Å². The Kier molecular flexibility index (Phi) is 22.4. The quantitative estimate of drug-likeness (QED) is 0.0655. The summed E-state index contributed by atoms with van der Waals surface area (Å²) in [6, 6.07) is 0. The molecule has 1 aromatic carbocycles. The number of allylic oxidation sites excluding steroid dienone is 4. The van der Waals surface area contributed by atoms with Gasteiger partial charge in [0.25, 0.3) is 0 Å². The minimum Gasteiger partial charge on any atom is -0.505 e. The lowest BCUT2D eigenvalue weighted by Gasteiger charge is -2.47. The van der Waals surface area contributed by atoms with Gasteiger partial charge >= 0.3 is 17.9 Å². The molecule has 20 heteroatoms. The zero-order chi connectivity index (χ0) is 54.1. The van der Waals surface area contributed by atoms with Gasteiger partial charge in [0.05, 0.1) is 47.5 Å². The van der Waals surface area contributed by atoms with Crippen LogP contribution in [0.4, 0.5) is 0 Å². The summed E-state index contributed by atoms with van der Waals surface area (Å²) in [7, 11) is 1.26. The molecule has 7 N–H and O–H groups in total. The fraction of sp³-hybridized carbons (Fsp3) is 0.635. The van der Waals surface area contributed by atoms with E-state index >= 15 is 0 Å². The highest BCUT2D eigenvalue weighted by molar-refractivity contribution is 6.39. The van der Waals surface area contributed by atoms with Crippen molar-refractivity contribution in [2.45, 2.75) is 187 Å². The first kappa shape index (κ1) is 60.7. The van der Waals surface area contributed by atoms with Crippen molar-refractivity contribution in [3.63, 3.8) is 0 Å². The van der Waals surface area contributed by atoms with E-state index in [-0.39, 0.29) is 35.4 Å². The predicted octanol–water partition coefficient (Wildman–Crippen LogP) is 6.23. The predicted molar refractivity (Wildman–Crippen MR) is 265 cm³/mol. The zero-order valence-corrected chi connectivity index (χ0v) is 44.5. The molecule has 72 heavy (non-hydrogen) atoms. The molecule has 3 heterocycles. The van der Waals surface area contributed by atoms with E-state index in [0.717, 1.165) is 0 Å². The summed E-state index contributed by atoms with van der Waals surface area (Å²) < 4.78 is 47.5. The Labute approximate surface area is 431 Å². The fourth-order valence-electron chi connectivity index (χ4n) is 8.60. The van der Waals surface area contributed by atoms with Crippen molar-refractivity contribution in [3.05, 3.63) is 79.9 Å². The number of cyclic esters (lactones) is 1. The third kappa shape index (κ3) is 14.7. The summed E-state index contributed by atoms with van der Waals surface area (Å²) in [5, 5.41) is 76.5. The lowest BCUT2D eigenvalue weighted by Crippen LogP contribution is -2.64. The van der Waals surface area contributed by atoms with Gasteiger partial charge in [-0.25, -0.2) is 9.59 Å². The second-order valence-electron chi connectivity index (χ2n) is 19.4. The van der Waals surface area contributed by atoms with Crippen LogP contribution in [0.25, 0.3) is 0 Å². The van der Waals surface area contributed by atoms with Crippen LogP contribution in [0, 0.1) is 11.8 Å². The molecule has 3 aliphatic rings. The fourth-order valence-corrected chi connectivity index (χ4v) is 9.16. The molecule has 0 bridgehead atoms. The highest BCUT2D eigenvalue weighted by Crippen LogP contribution is 2.45. The van der Waals surface area contributed by atoms with Crippen LogP contribution in [-0.2, 0) is 53.9 Å². The smallest absolute Gasteiger partial charge is 0.342 e. The number of phenols is 2. The number of aliphatic hydroxyl groups is 5. The van der Waals surface area contributed by atoms with Gasteiger partial charge < -0.3 is 73.6 Å². The molecule has 0 aliphatic carbocycles. The first-order chi connectivity index (χ1) is 33.7. The molecule has 0 spiro atoms. The Morgan fingerprint density at radius 1 is 0.903 bits per heavy atom. The van der Waals surface area contributed by atoms with E-state index in [2.05, 4.69) is 0 Å². The highest BCUT2D eigenvalue weighted by Gasteiger charge is 2.53. The van der Waals surface area contributed by atoms with E-state index in [1.54, 1.807) is 53.7 Å². The second kappa shape index (κ2) is 26.5. The standard InChI is InChI=1S/C52H74Cl2O18/c1-13-30-22-26(6)33(56)18-16-15-17-31(23-66-51-45(65-12)42(61)44(29(9)67-51)69-49(64)35-32(14-2)36(53)39(58)37(54)38(35)57)48(63)68-34(28(8)55)20-19-25(5)21-27(7)43(30)70-50-41(60)40(59)46(52(10,11)72-50)71-47(62)24(3)4/h15-17,19,21-22,24,28-30,33-34,40-46,50-51,55-61H,13-14,18,20,23H2,1-12H3/b16-15+,25-19?,26-22-,27-21?,31-17+/t28-,29-,30+,33+,34+,40-,41+,42+,43+,44-,45+,46+,50-,51-/m1/s1. The molecular formula is C52H74Cl2O18. The van der Waals surface area contributed by atoms with Crippen molar-refractivity contribution < 1.29 is 88.0 Å². The van der Waals surface area contributed by atoms with Gasteiger partial charge in [-0.15, -0.1) is 0 Å². The third-order valence-corrected chi connectivity index (χ3v) is 13.8. The minimum atomic E-state index is -1.61. The van der Waals surface area contributed by atoms with Gasteiger partial charge in [0.2, 0.25) is 0 Å². The largest absolute Gasteiger partial charge is 0.505 e. The Balaban J connectivity index is 1.61. The van der Waals surface area contributed by atoms with E-state index in [0.29, 0.717) is 23.1 Å². The van der Waals surface area contributed by atoms with Crippen LogP contribution < -0.4 is 0 Å². The molecule has 0 unspecified atom stereocenters. The monoisotopic (exact) mass is 1060 g/mol.